The Morgan fingerprint density at radius 1 is 0.333 bits per heavy atom. The van der Waals surface area contributed by atoms with Crippen molar-refractivity contribution in [1.82, 2.24) is 9.97 Å². The molecule has 268 valence electrons. The van der Waals surface area contributed by atoms with Gasteiger partial charge in [-0.25, -0.2) is 9.97 Å². The van der Waals surface area contributed by atoms with E-state index in [-0.39, 0.29) is 5.41 Å². The molecule has 0 radical (unpaired) electrons. The third-order valence-corrected chi connectivity index (χ3v) is 12.1. The lowest BCUT2D eigenvalue weighted by Gasteiger charge is -2.22. The fourth-order valence-electron chi connectivity index (χ4n) is 9.28. The maximum atomic E-state index is 5.28. The SMILES string of the molecule is CC1(C)c2cccc(-c3ccc(-c4cc(-c5ccc(-c6cccc7ccccc67)cc5)nc(-c5ccccc5)n4)c4ccccc34)c2-c2c1ccc1ccccc21. The number of hydrogen-bond acceptors (Lipinski definition) is 2. The Bertz CT molecular complexity index is 3190. The largest absolute Gasteiger partial charge is 0.228 e. The number of nitrogens with zero attached hydrogens (tertiary/aromatic N) is 2. The van der Waals surface area contributed by atoms with Crippen LogP contribution in [-0.2, 0) is 5.41 Å². The van der Waals surface area contributed by atoms with Crippen LogP contribution in [-0.4, -0.2) is 9.97 Å². The highest BCUT2D eigenvalue weighted by molar-refractivity contribution is 6.11. The summed E-state index contributed by atoms with van der Waals surface area (Å²) in [6, 6.07) is 70.1. The average molecular weight is 727 g/mol. The van der Waals surface area contributed by atoms with Crippen molar-refractivity contribution in [1.29, 1.82) is 0 Å². The van der Waals surface area contributed by atoms with Gasteiger partial charge in [-0.3, -0.25) is 0 Å². The van der Waals surface area contributed by atoms with Crippen LogP contribution < -0.4 is 0 Å². The van der Waals surface area contributed by atoms with Crippen molar-refractivity contribution in [2.45, 2.75) is 19.3 Å². The van der Waals surface area contributed by atoms with Crippen LogP contribution in [0.4, 0.5) is 0 Å². The summed E-state index contributed by atoms with van der Waals surface area (Å²) >= 11 is 0. The Labute approximate surface area is 332 Å². The van der Waals surface area contributed by atoms with E-state index in [1.807, 2.05) is 6.07 Å². The van der Waals surface area contributed by atoms with E-state index in [1.165, 1.54) is 71.4 Å². The molecule has 2 heteroatoms. The lowest BCUT2D eigenvalue weighted by Crippen LogP contribution is -2.14. The second kappa shape index (κ2) is 13.0. The van der Waals surface area contributed by atoms with Crippen LogP contribution in [0, 0.1) is 0 Å². The first-order valence-corrected chi connectivity index (χ1v) is 19.7. The Balaban J connectivity index is 1.08. The number of aromatic nitrogens is 2. The molecule has 57 heavy (non-hydrogen) atoms. The lowest BCUT2D eigenvalue weighted by atomic mass is 9.81. The lowest BCUT2D eigenvalue weighted by molar-refractivity contribution is 0.661. The van der Waals surface area contributed by atoms with E-state index < -0.39 is 0 Å². The first-order chi connectivity index (χ1) is 28.0. The van der Waals surface area contributed by atoms with Crippen LogP contribution in [0.1, 0.15) is 25.0 Å². The summed E-state index contributed by atoms with van der Waals surface area (Å²) in [4.78, 5) is 10.5. The van der Waals surface area contributed by atoms with Crippen molar-refractivity contribution in [3.8, 4) is 67.3 Å². The molecule has 0 aliphatic heterocycles. The Morgan fingerprint density at radius 3 is 1.68 bits per heavy atom. The summed E-state index contributed by atoms with van der Waals surface area (Å²) in [6.45, 7) is 4.73. The topological polar surface area (TPSA) is 25.8 Å². The van der Waals surface area contributed by atoms with E-state index in [0.29, 0.717) is 5.82 Å². The van der Waals surface area contributed by atoms with E-state index in [2.05, 4.69) is 202 Å². The Hall–Kier alpha value is -7.16. The highest BCUT2D eigenvalue weighted by atomic mass is 14.9. The molecule has 2 nitrogen and oxygen atoms in total. The number of rotatable bonds is 5. The summed E-state index contributed by atoms with van der Waals surface area (Å²) in [5.41, 5.74) is 15.2. The van der Waals surface area contributed by atoms with Gasteiger partial charge in [0.05, 0.1) is 11.4 Å². The molecule has 1 aromatic heterocycles. The minimum atomic E-state index is -0.112. The van der Waals surface area contributed by atoms with E-state index in [4.69, 9.17) is 9.97 Å². The van der Waals surface area contributed by atoms with Gasteiger partial charge in [0.2, 0.25) is 0 Å². The Kier molecular flexibility index (Phi) is 7.55. The van der Waals surface area contributed by atoms with Crippen molar-refractivity contribution in [3.05, 3.63) is 205 Å². The summed E-state index contributed by atoms with van der Waals surface area (Å²) in [5.74, 6) is 0.709. The van der Waals surface area contributed by atoms with Crippen LogP contribution in [0.5, 0.6) is 0 Å². The first kappa shape index (κ1) is 33.2. The molecule has 1 aliphatic rings. The molecule has 0 fully saturated rings. The fraction of sp³-hybridized carbons (Fsp3) is 0.0545. The molecule has 0 unspecified atom stereocenters. The highest BCUT2D eigenvalue weighted by Crippen LogP contribution is 2.55. The second-order valence-corrected chi connectivity index (χ2v) is 15.7. The van der Waals surface area contributed by atoms with Gasteiger partial charge in [-0.2, -0.15) is 0 Å². The first-order valence-electron chi connectivity index (χ1n) is 19.7. The molecule has 0 saturated heterocycles. The van der Waals surface area contributed by atoms with E-state index in [0.717, 1.165) is 33.5 Å². The molecule has 10 aromatic rings. The molecule has 0 spiro atoms. The molecule has 9 aromatic carbocycles. The molecular formula is C55H38N2. The van der Waals surface area contributed by atoms with Gasteiger partial charge in [0.1, 0.15) is 0 Å². The zero-order chi connectivity index (χ0) is 38.1. The molecule has 1 aliphatic carbocycles. The van der Waals surface area contributed by atoms with Gasteiger partial charge >= 0.3 is 0 Å². The summed E-state index contributed by atoms with van der Waals surface area (Å²) in [6.07, 6.45) is 0. The maximum absolute atomic E-state index is 5.28. The molecule has 1 heterocycles. The molecule has 0 saturated carbocycles. The quantitative estimate of drug-likeness (QED) is 0.176. The normalized spacial score (nSPS) is 12.9. The zero-order valence-electron chi connectivity index (χ0n) is 31.9. The van der Waals surface area contributed by atoms with Crippen LogP contribution in [0.3, 0.4) is 0 Å². The van der Waals surface area contributed by atoms with Gasteiger partial charge in [-0.05, 0) is 82.9 Å². The van der Waals surface area contributed by atoms with Gasteiger partial charge in [0, 0.05) is 22.1 Å². The Morgan fingerprint density at radius 2 is 0.895 bits per heavy atom. The standard InChI is InChI=1S/C55H38N2/c1-55(2)48-25-13-24-47(53(48)52-42-20-9-7-15-36(42)30-33-49(52)55)45-31-32-46(44-22-11-10-21-43(44)45)51-34-50(56-54(57-51)39-16-4-3-5-17-39)38-28-26-37(27-29-38)41-23-12-18-35-14-6-8-19-40(35)41/h3-34H,1-2H3. The van der Waals surface area contributed by atoms with Crippen molar-refractivity contribution in [2.75, 3.05) is 0 Å². The van der Waals surface area contributed by atoms with Gasteiger partial charge in [0.15, 0.2) is 5.82 Å². The third-order valence-electron chi connectivity index (χ3n) is 12.1. The minimum absolute atomic E-state index is 0.112. The molecule has 0 N–H and O–H groups in total. The van der Waals surface area contributed by atoms with Gasteiger partial charge < -0.3 is 0 Å². The van der Waals surface area contributed by atoms with Crippen LogP contribution in [0.25, 0.3) is 99.6 Å². The van der Waals surface area contributed by atoms with Crippen LogP contribution in [0.15, 0.2) is 194 Å². The van der Waals surface area contributed by atoms with Crippen molar-refractivity contribution in [3.63, 3.8) is 0 Å². The fourth-order valence-corrected chi connectivity index (χ4v) is 9.28. The van der Waals surface area contributed by atoms with Crippen molar-refractivity contribution >= 4 is 32.3 Å². The van der Waals surface area contributed by atoms with Crippen LogP contribution >= 0.6 is 0 Å². The van der Waals surface area contributed by atoms with Gasteiger partial charge in [0.25, 0.3) is 0 Å². The van der Waals surface area contributed by atoms with Crippen LogP contribution in [0.2, 0.25) is 0 Å². The number of benzene rings is 9. The van der Waals surface area contributed by atoms with Crippen molar-refractivity contribution in [2.24, 2.45) is 0 Å². The zero-order valence-corrected chi connectivity index (χ0v) is 31.9. The average Bonchev–Trinajstić information content (AvgIpc) is 3.52. The molecular weight excluding hydrogens is 689 g/mol. The van der Waals surface area contributed by atoms with E-state index in [1.54, 1.807) is 0 Å². The minimum Gasteiger partial charge on any atom is -0.228 e. The van der Waals surface area contributed by atoms with Gasteiger partial charge in [-0.15, -0.1) is 0 Å². The number of hydrogen-bond donors (Lipinski definition) is 0. The molecule has 0 bridgehead atoms. The monoisotopic (exact) mass is 726 g/mol. The summed E-state index contributed by atoms with van der Waals surface area (Å²) in [7, 11) is 0. The van der Waals surface area contributed by atoms with E-state index >= 15 is 0 Å². The maximum Gasteiger partial charge on any atom is 0.160 e. The molecule has 0 amide bonds. The van der Waals surface area contributed by atoms with Gasteiger partial charge in [-0.1, -0.05) is 202 Å². The summed E-state index contributed by atoms with van der Waals surface area (Å²) in [5, 5.41) is 7.44. The predicted octanol–water partition coefficient (Wildman–Crippen LogP) is 14.6. The van der Waals surface area contributed by atoms with E-state index in [9.17, 15) is 0 Å². The summed E-state index contributed by atoms with van der Waals surface area (Å²) < 4.78 is 0. The second-order valence-electron chi connectivity index (χ2n) is 15.7. The molecule has 0 atom stereocenters. The predicted molar refractivity (Wildman–Crippen MR) is 239 cm³/mol. The third kappa shape index (κ3) is 5.33. The smallest absolute Gasteiger partial charge is 0.160 e. The highest BCUT2D eigenvalue weighted by Gasteiger charge is 2.38. The van der Waals surface area contributed by atoms with Crippen molar-refractivity contribution < 1.29 is 0 Å². The molecule has 11 rings (SSSR count). The number of fused-ring (bicyclic) bond motifs is 7.